The zero-order chi connectivity index (χ0) is 22.2. The average Bonchev–Trinajstić information content (AvgIpc) is 3.01. The molecular weight excluding hydrogens is 510 g/mol. The molecule has 2 N–H and O–H groups in total. The number of carbonyl (C=O) groups is 1. The summed E-state index contributed by atoms with van der Waals surface area (Å²) in [5.41, 5.74) is 0. The number of halogens is 1. The summed E-state index contributed by atoms with van der Waals surface area (Å²) < 4.78 is 6.04. The Balaban J connectivity index is 2.52. The molecule has 1 rings (SSSR count). The summed E-state index contributed by atoms with van der Waals surface area (Å²) in [5, 5.41) is 19.4. The van der Waals surface area contributed by atoms with E-state index < -0.39 is 5.97 Å². The molecule has 176 valence electrons. The van der Waals surface area contributed by atoms with Gasteiger partial charge in [0.15, 0.2) is 0 Å². The normalized spacial score (nSPS) is 25.6. The van der Waals surface area contributed by atoms with Crippen LogP contribution >= 0.6 is 28.5 Å². The van der Waals surface area contributed by atoms with E-state index >= 15 is 0 Å². The molecule has 0 aromatic rings. The SMILES string of the molecule is CCCCCCCC(CC)CC[C@@H]1[C@@H](C/C=C\CCCC(=O)O)[C@@H](O)C[C@H]1OPI. The first-order valence-corrected chi connectivity index (χ1v) is 16.1. The molecule has 1 aliphatic carbocycles. The number of carboxylic acid groups (broad SMARTS) is 1. The number of rotatable bonds is 18. The monoisotopic (exact) mass is 554 g/mol. The fraction of sp³-hybridized carbons (Fsp3) is 0.875. The highest BCUT2D eigenvalue weighted by atomic mass is 127. The van der Waals surface area contributed by atoms with Crippen LogP contribution in [0.5, 0.6) is 0 Å². The van der Waals surface area contributed by atoms with Crippen molar-refractivity contribution >= 4 is 34.5 Å². The van der Waals surface area contributed by atoms with Crippen molar-refractivity contribution in [2.45, 2.75) is 116 Å². The van der Waals surface area contributed by atoms with Gasteiger partial charge in [0.25, 0.3) is 0 Å². The molecule has 2 unspecified atom stereocenters. The van der Waals surface area contributed by atoms with Gasteiger partial charge in [-0.15, -0.1) is 0 Å². The highest BCUT2D eigenvalue weighted by Crippen LogP contribution is 2.44. The number of aliphatic hydroxyl groups excluding tert-OH is 1. The Morgan fingerprint density at radius 1 is 1.13 bits per heavy atom. The van der Waals surface area contributed by atoms with Crippen molar-refractivity contribution in [3.63, 3.8) is 0 Å². The smallest absolute Gasteiger partial charge is 0.303 e. The molecule has 0 aliphatic heterocycles. The summed E-state index contributed by atoms with van der Waals surface area (Å²) in [6.45, 7) is 5.02. The minimum atomic E-state index is -0.731. The highest BCUT2D eigenvalue weighted by molar-refractivity contribution is 14.2. The second-order valence-electron chi connectivity index (χ2n) is 8.91. The topological polar surface area (TPSA) is 66.8 Å². The summed E-state index contributed by atoms with van der Waals surface area (Å²) >= 11 is 2.29. The molecule has 0 amide bonds. The second-order valence-corrected chi connectivity index (χ2v) is 10.6. The quantitative estimate of drug-likeness (QED) is 0.0790. The van der Waals surface area contributed by atoms with Crippen molar-refractivity contribution in [1.82, 2.24) is 0 Å². The molecule has 0 saturated heterocycles. The van der Waals surface area contributed by atoms with Crippen molar-refractivity contribution < 1.29 is 19.5 Å². The lowest BCUT2D eigenvalue weighted by atomic mass is 9.83. The third kappa shape index (κ3) is 11.8. The largest absolute Gasteiger partial charge is 0.481 e. The molecule has 6 atom stereocenters. The standard InChI is InChI=1S/C24H44IO4P/c1-3-5-6-7-10-13-19(4-2)16-17-21-20(22(26)18-23(21)29-30-25)14-11-8-9-12-15-24(27)28/h8,11,19-23,26,30H,3-7,9-10,12-18H2,1-2H3,(H,27,28)/b11-8-/t19?,20-,21-,22+,23-/m1/s1. The van der Waals surface area contributed by atoms with Crippen molar-refractivity contribution in [3.8, 4) is 0 Å². The molecule has 1 fully saturated rings. The van der Waals surface area contributed by atoms with Crippen LogP contribution in [0.25, 0.3) is 0 Å². The molecule has 4 nitrogen and oxygen atoms in total. The molecule has 1 saturated carbocycles. The summed E-state index contributed by atoms with van der Waals surface area (Å²) in [6, 6.07) is 0. The number of allylic oxidation sites excluding steroid dienone is 2. The molecule has 0 spiro atoms. The molecule has 0 bridgehead atoms. The van der Waals surface area contributed by atoms with Gasteiger partial charge in [0, 0.05) is 12.8 Å². The molecule has 0 aromatic heterocycles. The molecule has 30 heavy (non-hydrogen) atoms. The molecule has 0 heterocycles. The first-order valence-electron chi connectivity index (χ1n) is 12.1. The van der Waals surface area contributed by atoms with Crippen LogP contribution in [0.4, 0.5) is 0 Å². The van der Waals surface area contributed by atoms with Gasteiger partial charge in [0.2, 0.25) is 0 Å². The van der Waals surface area contributed by atoms with Crippen LogP contribution in [0.2, 0.25) is 0 Å². The van der Waals surface area contributed by atoms with Crippen LogP contribution in [0.1, 0.15) is 104 Å². The minimum absolute atomic E-state index is 0.183. The predicted molar refractivity (Wildman–Crippen MR) is 136 cm³/mol. The van der Waals surface area contributed by atoms with Crippen LogP contribution in [0.3, 0.4) is 0 Å². The van der Waals surface area contributed by atoms with E-state index in [4.69, 9.17) is 9.63 Å². The predicted octanol–water partition coefficient (Wildman–Crippen LogP) is 7.68. The number of hydrogen-bond acceptors (Lipinski definition) is 3. The maximum Gasteiger partial charge on any atom is 0.303 e. The van der Waals surface area contributed by atoms with Crippen LogP contribution in [0.15, 0.2) is 12.2 Å². The number of aliphatic carboxylic acids is 1. The van der Waals surface area contributed by atoms with Gasteiger partial charge in [-0.25, -0.2) is 0 Å². The number of unbranched alkanes of at least 4 members (excludes halogenated alkanes) is 5. The van der Waals surface area contributed by atoms with Crippen LogP contribution in [0, 0.1) is 17.8 Å². The van der Waals surface area contributed by atoms with Gasteiger partial charge in [0.1, 0.15) is 0 Å². The molecule has 0 aromatic carbocycles. The Labute approximate surface area is 199 Å². The Kier molecular flexibility index (Phi) is 16.8. The number of carboxylic acids is 1. The zero-order valence-corrected chi connectivity index (χ0v) is 22.2. The van der Waals surface area contributed by atoms with Gasteiger partial charge in [-0.05, 0) is 65.5 Å². The van der Waals surface area contributed by atoms with Crippen molar-refractivity contribution in [2.75, 3.05) is 0 Å². The lowest BCUT2D eigenvalue weighted by molar-refractivity contribution is -0.137. The Morgan fingerprint density at radius 3 is 2.57 bits per heavy atom. The van der Waals surface area contributed by atoms with E-state index in [1.165, 1.54) is 51.4 Å². The van der Waals surface area contributed by atoms with Gasteiger partial charge < -0.3 is 14.7 Å². The minimum Gasteiger partial charge on any atom is -0.481 e. The van der Waals surface area contributed by atoms with Gasteiger partial charge in [0.05, 0.1) is 18.7 Å². The third-order valence-corrected chi connectivity index (χ3v) is 7.88. The molecule has 1 aliphatic rings. The van der Waals surface area contributed by atoms with Crippen molar-refractivity contribution in [1.29, 1.82) is 0 Å². The highest BCUT2D eigenvalue weighted by Gasteiger charge is 2.42. The molecule has 0 radical (unpaired) electrons. The molecule has 6 heteroatoms. The van der Waals surface area contributed by atoms with E-state index in [1.807, 2.05) is 0 Å². The Hall–Kier alpha value is 0.290. The van der Waals surface area contributed by atoms with Gasteiger partial charge in [-0.1, -0.05) is 77.4 Å². The van der Waals surface area contributed by atoms with Crippen molar-refractivity contribution in [3.05, 3.63) is 12.2 Å². The Morgan fingerprint density at radius 2 is 1.90 bits per heavy atom. The van der Waals surface area contributed by atoms with Gasteiger partial charge in [-0.3, -0.25) is 4.79 Å². The van der Waals surface area contributed by atoms with E-state index in [1.54, 1.807) is 0 Å². The number of hydrogen-bond donors (Lipinski definition) is 2. The van der Waals surface area contributed by atoms with E-state index in [0.29, 0.717) is 18.8 Å². The van der Waals surface area contributed by atoms with Crippen molar-refractivity contribution in [2.24, 2.45) is 17.8 Å². The summed E-state index contributed by atoms with van der Waals surface area (Å²) in [6.07, 6.45) is 19.2. The summed E-state index contributed by atoms with van der Waals surface area (Å²) in [4.78, 5) is 10.6. The summed E-state index contributed by atoms with van der Waals surface area (Å²) in [5.74, 6) is 0.755. The maximum absolute atomic E-state index is 10.7. The van der Waals surface area contributed by atoms with E-state index in [9.17, 15) is 9.90 Å². The zero-order valence-electron chi connectivity index (χ0n) is 19.0. The van der Waals surface area contributed by atoms with Gasteiger partial charge >= 0.3 is 5.97 Å². The second kappa shape index (κ2) is 17.8. The lowest BCUT2D eigenvalue weighted by Crippen LogP contribution is -2.23. The maximum atomic E-state index is 10.7. The fourth-order valence-electron chi connectivity index (χ4n) is 4.83. The lowest BCUT2D eigenvalue weighted by Gasteiger charge is -2.26. The van der Waals surface area contributed by atoms with E-state index in [2.05, 4.69) is 48.0 Å². The van der Waals surface area contributed by atoms with E-state index in [-0.39, 0.29) is 24.5 Å². The summed E-state index contributed by atoms with van der Waals surface area (Å²) in [7, 11) is 0. The van der Waals surface area contributed by atoms with Crippen LogP contribution in [-0.4, -0.2) is 28.4 Å². The average molecular weight is 554 g/mol. The van der Waals surface area contributed by atoms with Crippen LogP contribution < -0.4 is 0 Å². The third-order valence-electron chi connectivity index (χ3n) is 6.73. The first kappa shape index (κ1) is 28.3. The Bertz CT molecular complexity index is 474. The first-order chi connectivity index (χ1) is 14.5. The molecular formula is C24H44IO4P. The van der Waals surface area contributed by atoms with Gasteiger partial charge in [-0.2, -0.15) is 0 Å². The van der Waals surface area contributed by atoms with E-state index in [0.717, 1.165) is 31.6 Å². The number of aliphatic hydroxyl groups is 1. The van der Waals surface area contributed by atoms with Crippen LogP contribution in [-0.2, 0) is 9.32 Å². The fourth-order valence-corrected chi connectivity index (χ4v) is 6.20.